The van der Waals surface area contributed by atoms with Crippen LogP contribution >= 0.6 is 11.6 Å². The van der Waals surface area contributed by atoms with E-state index in [0.29, 0.717) is 52.3 Å². The summed E-state index contributed by atoms with van der Waals surface area (Å²) in [5, 5.41) is 3.22. The maximum absolute atomic E-state index is 12.3. The topological polar surface area (TPSA) is 83.1 Å². The molecule has 1 aliphatic heterocycles. The van der Waals surface area contributed by atoms with E-state index in [0.717, 1.165) is 0 Å². The molecule has 30 heavy (non-hydrogen) atoms. The molecule has 1 heterocycles. The molecule has 0 radical (unpaired) electrons. The molecule has 0 aromatic heterocycles. The Balaban J connectivity index is 1.62. The van der Waals surface area contributed by atoms with Crippen LogP contribution in [0, 0.1) is 0 Å². The lowest BCUT2D eigenvalue weighted by atomic mass is 10.1. The van der Waals surface area contributed by atoms with E-state index in [9.17, 15) is 9.59 Å². The Morgan fingerprint density at radius 1 is 1.10 bits per heavy atom. The lowest BCUT2D eigenvalue weighted by Crippen LogP contribution is -2.24. The van der Waals surface area contributed by atoms with Crippen molar-refractivity contribution >= 4 is 35.2 Å². The third kappa shape index (κ3) is 5.45. The Morgan fingerprint density at radius 2 is 1.90 bits per heavy atom. The van der Waals surface area contributed by atoms with Gasteiger partial charge in [0, 0.05) is 16.7 Å². The molecule has 0 unspecified atom stereocenters. The lowest BCUT2D eigenvalue weighted by molar-refractivity contribution is -0.143. The van der Waals surface area contributed by atoms with Gasteiger partial charge in [-0.1, -0.05) is 11.6 Å². The van der Waals surface area contributed by atoms with Crippen molar-refractivity contribution in [2.75, 3.05) is 31.7 Å². The number of fused-ring (bicyclic) bond motifs is 1. The standard InChI is InChI=1S/C22H22ClNO6/c1-3-27-17-6-8-20(28-4-2)18(11-17)24-21(25)13-30-22(26)15-9-14-10-16(23)5-7-19(14)29-12-15/h5-11H,3-4,12-13H2,1-2H3,(H,24,25). The monoisotopic (exact) mass is 431 g/mol. The van der Waals surface area contributed by atoms with Crippen molar-refractivity contribution in [1.82, 2.24) is 0 Å². The summed E-state index contributed by atoms with van der Waals surface area (Å²) in [6, 6.07) is 10.3. The number of ether oxygens (including phenoxy) is 4. The lowest BCUT2D eigenvalue weighted by Gasteiger charge is -2.17. The Morgan fingerprint density at radius 3 is 2.67 bits per heavy atom. The molecule has 3 rings (SSSR count). The number of amides is 1. The van der Waals surface area contributed by atoms with Crippen molar-refractivity contribution in [3.8, 4) is 17.2 Å². The Kier molecular flexibility index (Phi) is 7.19. The van der Waals surface area contributed by atoms with Gasteiger partial charge in [-0.2, -0.15) is 0 Å². The number of halogens is 1. The quantitative estimate of drug-likeness (QED) is 0.634. The summed E-state index contributed by atoms with van der Waals surface area (Å²) in [6.07, 6.45) is 1.64. The second kappa shape index (κ2) is 10.0. The summed E-state index contributed by atoms with van der Waals surface area (Å²) >= 11 is 5.98. The fraction of sp³-hybridized carbons (Fsp3) is 0.273. The molecule has 1 aliphatic rings. The number of nitrogens with one attached hydrogen (secondary N) is 1. The molecule has 2 aromatic carbocycles. The Hall–Kier alpha value is -3.19. The number of hydrogen-bond acceptors (Lipinski definition) is 6. The number of benzene rings is 2. The number of rotatable bonds is 8. The number of hydrogen-bond donors (Lipinski definition) is 1. The zero-order valence-corrected chi connectivity index (χ0v) is 17.5. The minimum absolute atomic E-state index is 0.0555. The minimum Gasteiger partial charge on any atom is -0.494 e. The van der Waals surface area contributed by atoms with Crippen LogP contribution in [0.4, 0.5) is 5.69 Å². The fourth-order valence-electron chi connectivity index (χ4n) is 2.82. The number of carbonyl (C=O) groups is 2. The van der Waals surface area contributed by atoms with Gasteiger partial charge in [0.2, 0.25) is 0 Å². The molecule has 7 nitrogen and oxygen atoms in total. The molecule has 1 N–H and O–H groups in total. The third-order valence-electron chi connectivity index (χ3n) is 4.12. The normalized spacial score (nSPS) is 12.2. The van der Waals surface area contributed by atoms with Crippen molar-refractivity contribution in [3.63, 3.8) is 0 Å². The van der Waals surface area contributed by atoms with Gasteiger partial charge in [-0.25, -0.2) is 4.79 Å². The van der Waals surface area contributed by atoms with Gasteiger partial charge >= 0.3 is 5.97 Å². The van der Waals surface area contributed by atoms with Crippen molar-refractivity contribution in [2.24, 2.45) is 0 Å². The number of anilines is 1. The highest BCUT2D eigenvalue weighted by molar-refractivity contribution is 6.30. The van der Waals surface area contributed by atoms with E-state index in [2.05, 4.69) is 5.32 Å². The molecule has 0 saturated carbocycles. The minimum atomic E-state index is -0.635. The summed E-state index contributed by atoms with van der Waals surface area (Å²) in [4.78, 5) is 24.6. The largest absolute Gasteiger partial charge is 0.494 e. The predicted octanol–water partition coefficient (Wildman–Crippen LogP) is 4.10. The molecule has 158 valence electrons. The van der Waals surface area contributed by atoms with Gasteiger partial charge in [-0.05, 0) is 50.3 Å². The maximum Gasteiger partial charge on any atom is 0.338 e. The average molecular weight is 432 g/mol. The number of carbonyl (C=O) groups excluding carboxylic acids is 2. The highest BCUT2D eigenvalue weighted by atomic mass is 35.5. The smallest absolute Gasteiger partial charge is 0.338 e. The van der Waals surface area contributed by atoms with Crippen LogP contribution in [0.2, 0.25) is 5.02 Å². The SMILES string of the molecule is CCOc1ccc(OCC)c(NC(=O)COC(=O)C2=Cc3cc(Cl)ccc3OC2)c1. The molecule has 0 fully saturated rings. The van der Waals surface area contributed by atoms with E-state index in [4.69, 9.17) is 30.5 Å². The molecule has 0 atom stereocenters. The van der Waals surface area contributed by atoms with Crippen LogP contribution in [0.1, 0.15) is 19.4 Å². The van der Waals surface area contributed by atoms with Crippen molar-refractivity contribution < 1.29 is 28.5 Å². The van der Waals surface area contributed by atoms with E-state index in [1.165, 1.54) is 0 Å². The van der Waals surface area contributed by atoms with Crippen LogP contribution in [-0.2, 0) is 14.3 Å². The van der Waals surface area contributed by atoms with Gasteiger partial charge in [0.1, 0.15) is 23.9 Å². The van der Waals surface area contributed by atoms with E-state index in [1.54, 1.807) is 42.5 Å². The molecular weight excluding hydrogens is 410 g/mol. The second-order valence-corrected chi connectivity index (χ2v) is 6.73. The zero-order valence-electron chi connectivity index (χ0n) is 16.7. The first kappa shape index (κ1) is 21.5. The summed E-state index contributed by atoms with van der Waals surface area (Å²) in [6.45, 7) is 4.23. The summed E-state index contributed by atoms with van der Waals surface area (Å²) in [5.74, 6) is 0.585. The predicted molar refractivity (Wildman–Crippen MR) is 113 cm³/mol. The fourth-order valence-corrected chi connectivity index (χ4v) is 3.00. The average Bonchev–Trinajstić information content (AvgIpc) is 2.73. The van der Waals surface area contributed by atoms with Crippen LogP contribution in [0.5, 0.6) is 17.2 Å². The highest BCUT2D eigenvalue weighted by Crippen LogP contribution is 2.30. The first-order chi connectivity index (χ1) is 14.5. The van der Waals surface area contributed by atoms with Crippen LogP contribution in [-0.4, -0.2) is 38.3 Å². The molecule has 0 bridgehead atoms. The van der Waals surface area contributed by atoms with E-state index >= 15 is 0 Å². The molecule has 0 saturated heterocycles. The van der Waals surface area contributed by atoms with Crippen LogP contribution < -0.4 is 19.5 Å². The van der Waals surface area contributed by atoms with Crippen LogP contribution in [0.15, 0.2) is 42.0 Å². The maximum atomic E-state index is 12.3. The first-order valence-corrected chi connectivity index (χ1v) is 9.87. The van der Waals surface area contributed by atoms with Crippen LogP contribution in [0.3, 0.4) is 0 Å². The molecule has 1 amide bonds. The van der Waals surface area contributed by atoms with Crippen molar-refractivity contribution in [3.05, 3.63) is 52.6 Å². The molecule has 8 heteroatoms. The van der Waals surface area contributed by atoms with Crippen molar-refractivity contribution in [2.45, 2.75) is 13.8 Å². The van der Waals surface area contributed by atoms with Gasteiger partial charge in [-0.15, -0.1) is 0 Å². The van der Waals surface area contributed by atoms with Gasteiger partial charge in [0.25, 0.3) is 5.91 Å². The van der Waals surface area contributed by atoms with Gasteiger partial charge in [-0.3, -0.25) is 4.79 Å². The summed E-state index contributed by atoms with van der Waals surface area (Å²) in [7, 11) is 0. The van der Waals surface area contributed by atoms with Gasteiger partial charge in [0.05, 0.1) is 24.5 Å². The second-order valence-electron chi connectivity index (χ2n) is 6.29. The third-order valence-corrected chi connectivity index (χ3v) is 4.35. The summed E-state index contributed by atoms with van der Waals surface area (Å²) < 4.78 is 21.6. The molecule has 2 aromatic rings. The molecular formula is C22H22ClNO6. The Bertz CT molecular complexity index is 972. The number of esters is 1. The molecule has 0 aliphatic carbocycles. The van der Waals surface area contributed by atoms with E-state index in [-0.39, 0.29) is 6.61 Å². The first-order valence-electron chi connectivity index (χ1n) is 9.49. The van der Waals surface area contributed by atoms with Crippen molar-refractivity contribution in [1.29, 1.82) is 0 Å². The summed E-state index contributed by atoms with van der Waals surface area (Å²) in [5.41, 5.74) is 1.41. The van der Waals surface area contributed by atoms with E-state index in [1.807, 2.05) is 13.8 Å². The van der Waals surface area contributed by atoms with Gasteiger partial charge < -0.3 is 24.3 Å². The van der Waals surface area contributed by atoms with Crippen LogP contribution in [0.25, 0.3) is 6.08 Å². The highest BCUT2D eigenvalue weighted by Gasteiger charge is 2.20. The van der Waals surface area contributed by atoms with E-state index < -0.39 is 18.5 Å². The van der Waals surface area contributed by atoms with Gasteiger partial charge in [0.15, 0.2) is 6.61 Å². The molecule has 0 spiro atoms. The zero-order chi connectivity index (χ0) is 21.5. The Labute approximate surface area is 179 Å².